The monoisotopic (exact) mass is 325 g/mol. The van der Waals surface area contributed by atoms with Crippen molar-refractivity contribution < 1.29 is 9.53 Å². The van der Waals surface area contributed by atoms with Gasteiger partial charge in [0.15, 0.2) is 0 Å². The predicted octanol–water partition coefficient (Wildman–Crippen LogP) is 4.41. The van der Waals surface area contributed by atoms with Crippen molar-refractivity contribution in [3.63, 3.8) is 0 Å². The van der Waals surface area contributed by atoms with Gasteiger partial charge in [-0.1, -0.05) is 57.2 Å². The molecule has 0 aliphatic carbocycles. The van der Waals surface area contributed by atoms with Crippen LogP contribution in [-0.2, 0) is 16.6 Å². The zero-order valence-corrected chi connectivity index (χ0v) is 15.2. The van der Waals surface area contributed by atoms with E-state index in [1.54, 1.807) is 7.11 Å². The maximum Gasteiger partial charge on any atom is 0.224 e. The van der Waals surface area contributed by atoms with E-state index >= 15 is 0 Å². The van der Waals surface area contributed by atoms with Gasteiger partial charge in [-0.15, -0.1) is 0 Å². The lowest BCUT2D eigenvalue weighted by molar-refractivity contribution is -0.121. The Balaban J connectivity index is 1.94. The summed E-state index contributed by atoms with van der Waals surface area (Å²) < 4.78 is 5.16. The van der Waals surface area contributed by atoms with E-state index in [2.05, 4.69) is 38.2 Å². The molecule has 0 aromatic heterocycles. The summed E-state index contributed by atoms with van der Waals surface area (Å²) in [7, 11) is 1.64. The number of benzene rings is 2. The van der Waals surface area contributed by atoms with E-state index < -0.39 is 0 Å². The van der Waals surface area contributed by atoms with Crippen molar-refractivity contribution >= 4 is 5.91 Å². The molecule has 1 amide bonds. The molecule has 2 aromatic rings. The molecule has 0 saturated carbocycles. The first-order valence-corrected chi connectivity index (χ1v) is 8.32. The summed E-state index contributed by atoms with van der Waals surface area (Å²) in [6, 6.07) is 16.0. The van der Waals surface area contributed by atoms with Gasteiger partial charge in [0.1, 0.15) is 5.75 Å². The zero-order valence-electron chi connectivity index (χ0n) is 15.2. The fraction of sp³-hybridized carbons (Fsp3) is 0.381. The van der Waals surface area contributed by atoms with Gasteiger partial charge in [0.25, 0.3) is 0 Å². The Hall–Kier alpha value is -2.29. The third kappa shape index (κ3) is 4.85. The SMILES string of the molecule is COc1ccc([C@@H](C)NC(=O)Cc2ccc(C(C)(C)C)cc2)cc1. The quantitative estimate of drug-likeness (QED) is 0.884. The molecule has 0 spiro atoms. The number of carbonyl (C=O) groups excluding carboxylic acids is 1. The molecule has 0 aliphatic rings. The maximum absolute atomic E-state index is 12.3. The lowest BCUT2D eigenvalue weighted by Gasteiger charge is -2.19. The number of hydrogen-bond acceptors (Lipinski definition) is 2. The Kier molecular flexibility index (Phi) is 5.66. The summed E-state index contributed by atoms with van der Waals surface area (Å²) in [4.78, 5) is 12.3. The molecular weight excluding hydrogens is 298 g/mol. The molecule has 128 valence electrons. The van der Waals surface area contributed by atoms with Gasteiger partial charge in [-0.25, -0.2) is 0 Å². The molecule has 0 heterocycles. The Morgan fingerprint density at radius 3 is 2.12 bits per heavy atom. The zero-order chi connectivity index (χ0) is 17.7. The number of amides is 1. The summed E-state index contributed by atoms with van der Waals surface area (Å²) in [5.74, 6) is 0.845. The van der Waals surface area contributed by atoms with Crippen molar-refractivity contribution in [2.24, 2.45) is 0 Å². The van der Waals surface area contributed by atoms with Crippen LogP contribution in [-0.4, -0.2) is 13.0 Å². The van der Waals surface area contributed by atoms with Crippen LogP contribution in [0.25, 0.3) is 0 Å². The van der Waals surface area contributed by atoms with Crippen molar-refractivity contribution in [3.05, 3.63) is 65.2 Å². The third-order valence-electron chi connectivity index (χ3n) is 4.18. The van der Waals surface area contributed by atoms with Crippen LogP contribution in [0.2, 0.25) is 0 Å². The average Bonchev–Trinajstić information content (AvgIpc) is 2.54. The van der Waals surface area contributed by atoms with Crippen LogP contribution in [0.1, 0.15) is 50.4 Å². The van der Waals surface area contributed by atoms with Gasteiger partial charge >= 0.3 is 0 Å². The second-order valence-corrected chi connectivity index (χ2v) is 7.19. The molecule has 0 aliphatic heterocycles. The fourth-order valence-electron chi connectivity index (χ4n) is 2.58. The van der Waals surface area contributed by atoms with E-state index in [0.717, 1.165) is 16.9 Å². The largest absolute Gasteiger partial charge is 0.497 e. The summed E-state index contributed by atoms with van der Waals surface area (Å²) >= 11 is 0. The Morgan fingerprint density at radius 2 is 1.62 bits per heavy atom. The smallest absolute Gasteiger partial charge is 0.224 e. The Bertz CT molecular complexity index is 666. The first kappa shape index (κ1) is 18.1. The van der Waals surface area contributed by atoms with Crippen molar-refractivity contribution in [1.82, 2.24) is 5.32 Å². The van der Waals surface area contributed by atoms with E-state index in [1.165, 1.54) is 5.56 Å². The van der Waals surface area contributed by atoms with Crippen LogP contribution in [0.15, 0.2) is 48.5 Å². The Labute approximate surface area is 145 Å². The summed E-state index contributed by atoms with van der Waals surface area (Å²) in [5, 5.41) is 3.05. The number of carbonyl (C=O) groups is 1. The molecule has 24 heavy (non-hydrogen) atoms. The Morgan fingerprint density at radius 1 is 1.04 bits per heavy atom. The number of hydrogen-bond donors (Lipinski definition) is 1. The van der Waals surface area contributed by atoms with Gasteiger partial charge in [0, 0.05) is 0 Å². The molecule has 3 nitrogen and oxygen atoms in total. The van der Waals surface area contributed by atoms with E-state index in [-0.39, 0.29) is 17.4 Å². The first-order valence-electron chi connectivity index (χ1n) is 8.32. The summed E-state index contributed by atoms with van der Waals surface area (Å²) in [6.07, 6.45) is 0.394. The molecular formula is C21H27NO2. The van der Waals surface area contributed by atoms with Crippen molar-refractivity contribution in [2.45, 2.75) is 45.6 Å². The molecule has 1 atom stereocenters. The number of nitrogens with one attached hydrogen (secondary N) is 1. The van der Waals surface area contributed by atoms with Gasteiger partial charge in [-0.05, 0) is 41.2 Å². The minimum absolute atomic E-state index is 0.0295. The summed E-state index contributed by atoms with van der Waals surface area (Å²) in [5.41, 5.74) is 3.50. The van der Waals surface area contributed by atoms with Crippen molar-refractivity contribution in [2.75, 3.05) is 7.11 Å². The number of methoxy groups -OCH3 is 1. The topological polar surface area (TPSA) is 38.3 Å². The minimum atomic E-state index is -0.0303. The molecule has 0 unspecified atom stereocenters. The van der Waals surface area contributed by atoms with E-state index in [9.17, 15) is 4.79 Å². The molecule has 0 saturated heterocycles. The number of ether oxygens (including phenoxy) is 1. The molecule has 0 fully saturated rings. The summed E-state index contributed by atoms with van der Waals surface area (Å²) in [6.45, 7) is 8.55. The standard InChI is InChI=1S/C21H27NO2/c1-15(17-8-12-19(24-5)13-9-17)22-20(23)14-16-6-10-18(11-7-16)21(2,3)4/h6-13,15H,14H2,1-5H3,(H,22,23)/t15-/m1/s1. The van der Waals surface area contributed by atoms with Gasteiger partial charge in [0.05, 0.1) is 19.6 Å². The van der Waals surface area contributed by atoms with Crippen LogP contribution < -0.4 is 10.1 Å². The van der Waals surface area contributed by atoms with Crippen LogP contribution in [0.3, 0.4) is 0 Å². The first-order chi connectivity index (χ1) is 11.3. The molecule has 3 heteroatoms. The lowest BCUT2D eigenvalue weighted by Crippen LogP contribution is -2.28. The molecule has 1 N–H and O–H groups in total. The van der Waals surface area contributed by atoms with Crippen LogP contribution >= 0.6 is 0 Å². The average molecular weight is 325 g/mol. The van der Waals surface area contributed by atoms with E-state index in [4.69, 9.17) is 4.74 Å². The highest BCUT2D eigenvalue weighted by molar-refractivity contribution is 5.79. The van der Waals surface area contributed by atoms with Crippen molar-refractivity contribution in [1.29, 1.82) is 0 Å². The van der Waals surface area contributed by atoms with Crippen LogP contribution in [0.5, 0.6) is 5.75 Å². The molecule has 2 rings (SSSR count). The molecule has 2 aromatic carbocycles. The predicted molar refractivity (Wildman–Crippen MR) is 98.4 cm³/mol. The highest BCUT2D eigenvalue weighted by atomic mass is 16.5. The van der Waals surface area contributed by atoms with Gasteiger partial charge < -0.3 is 10.1 Å². The third-order valence-corrected chi connectivity index (χ3v) is 4.18. The highest BCUT2D eigenvalue weighted by Gasteiger charge is 2.14. The van der Waals surface area contributed by atoms with Gasteiger partial charge in [-0.2, -0.15) is 0 Å². The fourth-order valence-corrected chi connectivity index (χ4v) is 2.58. The highest BCUT2D eigenvalue weighted by Crippen LogP contribution is 2.22. The van der Waals surface area contributed by atoms with Gasteiger partial charge in [0.2, 0.25) is 5.91 Å². The van der Waals surface area contributed by atoms with Crippen molar-refractivity contribution in [3.8, 4) is 5.75 Å². The molecule has 0 radical (unpaired) electrons. The maximum atomic E-state index is 12.3. The van der Waals surface area contributed by atoms with Gasteiger partial charge in [-0.3, -0.25) is 4.79 Å². The number of rotatable bonds is 5. The molecule has 0 bridgehead atoms. The van der Waals surface area contributed by atoms with E-state index in [1.807, 2.05) is 43.3 Å². The normalized spacial score (nSPS) is 12.5. The second-order valence-electron chi connectivity index (χ2n) is 7.19. The minimum Gasteiger partial charge on any atom is -0.497 e. The van der Waals surface area contributed by atoms with Crippen LogP contribution in [0.4, 0.5) is 0 Å². The lowest BCUT2D eigenvalue weighted by atomic mass is 9.86. The second kappa shape index (κ2) is 7.52. The van der Waals surface area contributed by atoms with Crippen LogP contribution in [0, 0.1) is 0 Å². The van der Waals surface area contributed by atoms with E-state index in [0.29, 0.717) is 6.42 Å².